The van der Waals surface area contributed by atoms with Crippen LogP contribution in [-0.4, -0.2) is 22.4 Å². The minimum Gasteiger partial charge on any atom is -0.380 e. The molecule has 0 spiro atoms. The zero-order valence-electron chi connectivity index (χ0n) is 9.42. The number of benzene rings is 1. The van der Waals surface area contributed by atoms with Gasteiger partial charge in [0.2, 0.25) is 0 Å². The van der Waals surface area contributed by atoms with Crippen molar-refractivity contribution in [1.29, 1.82) is 0 Å². The predicted octanol–water partition coefficient (Wildman–Crippen LogP) is 1.18. The van der Waals surface area contributed by atoms with Gasteiger partial charge in [0, 0.05) is 5.56 Å². The summed E-state index contributed by atoms with van der Waals surface area (Å²) < 4.78 is 17.8. The molecule has 0 radical (unpaired) electrons. The van der Waals surface area contributed by atoms with Gasteiger partial charge in [-0.05, 0) is 22.4 Å². The second kappa shape index (κ2) is 5.44. The summed E-state index contributed by atoms with van der Waals surface area (Å²) in [4.78, 5) is 0. The van der Waals surface area contributed by atoms with Gasteiger partial charge < -0.3 is 11.5 Å². The predicted molar refractivity (Wildman–Crippen MR) is 68.4 cm³/mol. The number of hydrogen-bond donors (Lipinski definition) is 2. The molecule has 0 fully saturated rings. The normalized spacial score (nSPS) is 12.2. The van der Waals surface area contributed by atoms with Crippen molar-refractivity contribution in [2.24, 2.45) is 15.9 Å². The first kappa shape index (κ1) is 13.0. The average molecular weight is 283 g/mol. The summed E-state index contributed by atoms with van der Waals surface area (Å²) in [5.74, 6) is -0.643. The molecule has 0 aliphatic rings. The van der Waals surface area contributed by atoms with Crippen molar-refractivity contribution in [1.82, 2.24) is 10.3 Å². The fraction of sp³-hybridized carbons (Fsp3) is 0. The molecule has 1 aromatic carbocycles. The van der Waals surface area contributed by atoms with Gasteiger partial charge in [-0.25, -0.2) is 9.02 Å². The average Bonchev–Trinajstić information content (AvgIpc) is 2.79. The Kier molecular flexibility index (Phi) is 3.71. The molecule has 9 heteroatoms. The molecular formula is C10H8ClFN6O. The molecule has 0 saturated carbocycles. The van der Waals surface area contributed by atoms with E-state index in [1.807, 2.05) is 0 Å². The highest BCUT2D eigenvalue weighted by molar-refractivity contribution is 6.33. The van der Waals surface area contributed by atoms with E-state index in [0.717, 1.165) is 6.21 Å². The van der Waals surface area contributed by atoms with Crippen LogP contribution in [0.1, 0.15) is 11.3 Å². The molecule has 0 amide bonds. The van der Waals surface area contributed by atoms with Gasteiger partial charge in [-0.15, -0.1) is 5.10 Å². The minimum absolute atomic E-state index is 0.0135. The Hall–Kier alpha value is -2.48. The summed E-state index contributed by atoms with van der Waals surface area (Å²) in [6.45, 7) is 0. The molecule has 2 rings (SSSR count). The molecule has 0 unspecified atom stereocenters. The Balaban J connectivity index is 2.23. The standard InChI is InChI=1S/C10H8ClFN6O/c11-6-2-1-3-7(12)5(6)4-15-16-9(13)8-10(14)18-19-17-8/h1-4H,(H2,13,16)(H2,14,18). The molecule has 0 saturated heterocycles. The zero-order chi connectivity index (χ0) is 13.8. The molecule has 1 heterocycles. The van der Waals surface area contributed by atoms with Crippen LogP contribution in [0.3, 0.4) is 0 Å². The van der Waals surface area contributed by atoms with Crippen LogP contribution in [-0.2, 0) is 0 Å². The van der Waals surface area contributed by atoms with Gasteiger partial charge in [-0.3, -0.25) is 0 Å². The second-order valence-corrected chi connectivity index (χ2v) is 3.77. The van der Waals surface area contributed by atoms with Gasteiger partial charge in [0.15, 0.2) is 17.3 Å². The summed E-state index contributed by atoms with van der Waals surface area (Å²) >= 11 is 5.80. The lowest BCUT2D eigenvalue weighted by atomic mass is 10.2. The summed E-state index contributed by atoms with van der Waals surface area (Å²) in [5.41, 5.74) is 11.1. The molecular weight excluding hydrogens is 275 g/mol. The van der Waals surface area contributed by atoms with E-state index in [0.29, 0.717) is 0 Å². The van der Waals surface area contributed by atoms with E-state index in [9.17, 15) is 4.39 Å². The lowest BCUT2D eigenvalue weighted by molar-refractivity contribution is 0.308. The highest BCUT2D eigenvalue weighted by Gasteiger charge is 2.10. The third-order valence-corrected chi connectivity index (χ3v) is 2.44. The van der Waals surface area contributed by atoms with Crippen LogP contribution >= 0.6 is 11.6 Å². The monoisotopic (exact) mass is 282 g/mol. The maximum absolute atomic E-state index is 13.4. The number of rotatable bonds is 3. The van der Waals surface area contributed by atoms with Crippen LogP contribution in [0.4, 0.5) is 10.2 Å². The van der Waals surface area contributed by atoms with Crippen LogP contribution in [0.25, 0.3) is 0 Å². The van der Waals surface area contributed by atoms with E-state index >= 15 is 0 Å². The van der Waals surface area contributed by atoms with Crippen LogP contribution < -0.4 is 11.5 Å². The maximum Gasteiger partial charge on any atom is 0.199 e. The number of hydrogen-bond acceptors (Lipinski definition) is 6. The van der Waals surface area contributed by atoms with Crippen molar-refractivity contribution in [2.75, 3.05) is 5.73 Å². The largest absolute Gasteiger partial charge is 0.380 e. The van der Waals surface area contributed by atoms with E-state index in [2.05, 4.69) is 25.1 Å². The zero-order valence-corrected chi connectivity index (χ0v) is 10.2. The maximum atomic E-state index is 13.4. The molecule has 0 bridgehead atoms. The lowest BCUT2D eigenvalue weighted by Gasteiger charge is -1.97. The third kappa shape index (κ3) is 2.86. The highest BCUT2D eigenvalue weighted by Crippen LogP contribution is 2.16. The SMILES string of the molecule is N/C(=N\N=Cc1c(F)cccc1Cl)c1nonc1N. The first-order chi connectivity index (χ1) is 9.09. The van der Waals surface area contributed by atoms with Gasteiger partial charge in [0.25, 0.3) is 0 Å². The van der Waals surface area contributed by atoms with Gasteiger partial charge >= 0.3 is 0 Å². The van der Waals surface area contributed by atoms with Crippen molar-refractivity contribution >= 4 is 29.5 Å². The first-order valence-corrected chi connectivity index (χ1v) is 5.36. The van der Waals surface area contributed by atoms with E-state index < -0.39 is 5.82 Å². The van der Waals surface area contributed by atoms with Crippen molar-refractivity contribution in [2.45, 2.75) is 0 Å². The smallest absolute Gasteiger partial charge is 0.199 e. The Morgan fingerprint density at radius 3 is 2.84 bits per heavy atom. The highest BCUT2D eigenvalue weighted by atomic mass is 35.5. The topological polar surface area (TPSA) is 116 Å². The van der Waals surface area contributed by atoms with Gasteiger partial charge in [-0.2, -0.15) is 5.10 Å². The lowest BCUT2D eigenvalue weighted by Crippen LogP contribution is -2.15. The summed E-state index contributed by atoms with van der Waals surface area (Å²) in [6, 6.07) is 4.26. The van der Waals surface area contributed by atoms with E-state index in [-0.39, 0.29) is 27.9 Å². The third-order valence-electron chi connectivity index (χ3n) is 2.11. The van der Waals surface area contributed by atoms with Crippen LogP contribution in [0.5, 0.6) is 0 Å². The minimum atomic E-state index is -0.521. The molecule has 7 nitrogen and oxygen atoms in total. The quantitative estimate of drug-likeness (QED) is 0.498. The number of amidine groups is 1. The molecule has 0 aliphatic carbocycles. The van der Waals surface area contributed by atoms with Gasteiger partial charge in [-0.1, -0.05) is 17.7 Å². The van der Waals surface area contributed by atoms with Crippen molar-refractivity contribution in [3.05, 3.63) is 40.3 Å². The Bertz CT molecular complexity index is 633. The molecule has 0 atom stereocenters. The van der Waals surface area contributed by atoms with E-state index in [1.165, 1.54) is 18.2 Å². The van der Waals surface area contributed by atoms with Crippen LogP contribution in [0.15, 0.2) is 33.0 Å². The molecule has 1 aromatic heterocycles. The van der Waals surface area contributed by atoms with Crippen molar-refractivity contribution < 1.29 is 9.02 Å². The summed E-state index contributed by atoms with van der Waals surface area (Å²) in [7, 11) is 0. The van der Waals surface area contributed by atoms with Gasteiger partial charge in [0.1, 0.15) is 5.82 Å². The Morgan fingerprint density at radius 2 is 2.21 bits per heavy atom. The molecule has 0 aliphatic heterocycles. The first-order valence-electron chi connectivity index (χ1n) is 4.98. The molecule has 98 valence electrons. The Labute approximate surface area is 111 Å². The van der Waals surface area contributed by atoms with E-state index in [4.69, 9.17) is 23.1 Å². The fourth-order valence-electron chi connectivity index (χ4n) is 1.20. The summed E-state index contributed by atoms with van der Waals surface area (Å²) in [5, 5.41) is 14.2. The van der Waals surface area contributed by atoms with Crippen LogP contribution in [0, 0.1) is 5.82 Å². The van der Waals surface area contributed by atoms with Crippen molar-refractivity contribution in [3.63, 3.8) is 0 Å². The van der Waals surface area contributed by atoms with Gasteiger partial charge in [0.05, 0.1) is 11.2 Å². The number of nitrogens with zero attached hydrogens (tertiary/aromatic N) is 4. The Morgan fingerprint density at radius 1 is 1.42 bits per heavy atom. The van der Waals surface area contributed by atoms with Crippen LogP contribution in [0.2, 0.25) is 5.02 Å². The number of anilines is 1. The molecule has 19 heavy (non-hydrogen) atoms. The molecule has 4 N–H and O–H groups in total. The number of nitrogens with two attached hydrogens (primary N) is 2. The fourth-order valence-corrected chi connectivity index (χ4v) is 1.42. The second-order valence-electron chi connectivity index (χ2n) is 3.36. The van der Waals surface area contributed by atoms with Crippen molar-refractivity contribution in [3.8, 4) is 0 Å². The number of halogens is 2. The van der Waals surface area contributed by atoms with E-state index in [1.54, 1.807) is 0 Å². The number of nitrogen functional groups attached to an aromatic ring is 1. The summed E-state index contributed by atoms with van der Waals surface area (Å²) in [6.07, 6.45) is 1.13. The number of aromatic nitrogens is 2. The molecule has 2 aromatic rings.